The van der Waals surface area contributed by atoms with Crippen molar-refractivity contribution in [1.82, 2.24) is 9.88 Å². The highest BCUT2D eigenvalue weighted by Gasteiger charge is 2.38. The number of likely N-dealkylation sites (tertiary alicyclic amines) is 1. The van der Waals surface area contributed by atoms with Gasteiger partial charge in [-0.3, -0.25) is 9.62 Å². The van der Waals surface area contributed by atoms with Gasteiger partial charge < -0.3 is 9.84 Å². The van der Waals surface area contributed by atoms with Gasteiger partial charge in [-0.25, -0.2) is 18.2 Å². The van der Waals surface area contributed by atoms with Crippen molar-refractivity contribution in [3.8, 4) is 5.75 Å². The van der Waals surface area contributed by atoms with Gasteiger partial charge in [0.1, 0.15) is 11.9 Å². The van der Waals surface area contributed by atoms with Crippen molar-refractivity contribution in [3.05, 3.63) is 82.8 Å². The van der Waals surface area contributed by atoms with Crippen LogP contribution in [0.15, 0.2) is 77.1 Å². The van der Waals surface area contributed by atoms with Crippen LogP contribution in [0.5, 0.6) is 5.75 Å². The van der Waals surface area contributed by atoms with Crippen molar-refractivity contribution in [2.75, 3.05) is 17.8 Å². The van der Waals surface area contributed by atoms with Crippen LogP contribution in [0.2, 0.25) is 5.02 Å². The molecule has 4 aromatic rings. The molecule has 5 rings (SSSR count). The molecule has 0 aliphatic carbocycles. The van der Waals surface area contributed by atoms with Gasteiger partial charge >= 0.3 is 12.1 Å². The first-order valence-electron chi connectivity index (χ1n) is 12.3. The fourth-order valence-electron chi connectivity index (χ4n) is 4.15. The average molecular weight is 628 g/mol. The molecule has 0 unspecified atom stereocenters. The normalized spacial score (nSPS) is 14.7. The zero-order chi connectivity index (χ0) is 29.6. The Labute approximate surface area is 243 Å². The number of hydrogen-bond acceptors (Lipinski definition) is 7. The Morgan fingerprint density at radius 1 is 1.10 bits per heavy atom. The highest BCUT2D eigenvalue weighted by atomic mass is 35.5. The molecule has 0 bridgehead atoms. The number of sulfonamides is 1. The monoisotopic (exact) mass is 627 g/mol. The number of nitrogens with one attached hydrogen (secondary N) is 1. The first-order chi connectivity index (χ1) is 19.4. The smallest absolute Gasteiger partial charge is 0.489 e. The molecule has 3 aromatic carbocycles. The van der Waals surface area contributed by atoms with Crippen molar-refractivity contribution >= 4 is 54.8 Å². The summed E-state index contributed by atoms with van der Waals surface area (Å²) in [6.45, 7) is 2.77. The number of carbonyl (C=O) groups is 1. The fraction of sp³-hybridized carbons (Fsp3) is 0.259. The summed E-state index contributed by atoms with van der Waals surface area (Å²) in [6, 6.07) is 19.6. The fourth-order valence-corrected chi connectivity index (χ4v) is 6.26. The number of aliphatic carboxylic acids is 1. The lowest BCUT2D eigenvalue weighted by molar-refractivity contribution is -0.192. The first kappa shape index (κ1) is 30.6. The molecule has 14 heteroatoms. The molecule has 1 aromatic heterocycles. The van der Waals surface area contributed by atoms with E-state index in [4.69, 9.17) is 26.2 Å². The van der Waals surface area contributed by atoms with Gasteiger partial charge in [-0.2, -0.15) is 13.2 Å². The number of carboxylic acid groups (broad SMARTS) is 1. The predicted molar refractivity (Wildman–Crippen MR) is 151 cm³/mol. The Morgan fingerprint density at radius 3 is 2.39 bits per heavy atom. The van der Waals surface area contributed by atoms with E-state index in [0.29, 0.717) is 10.9 Å². The van der Waals surface area contributed by atoms with E-state index < -0.39 is 22.2 Å². The van der Waals surface area contributed by atoms with Crippen LogP contribution in [-0.2, 0) is 21.4 Å². The number of alkyl halides is 3. The van der Waals surface area contributed by atoms with Crippen molar-refractivity contribution in [2.24, 2.45) is 0 Å². The third kappa shape index (κ3) is 8.55. The number of halogens is 4. The lowest BCUT2D eigenvalue weighted by Gasteiger charge is -2.32. The second-order valence-electron chi connectivity index (χ2n) is 9.11. The second kappa shape index (κ2) is 13.1. The number of piperidine rings is 1. The van der Waals surface area contributed by atoms with E-state index in [-0.39, 0.29) is 16.0 Å². The number of hydrogen-bond donors (Lipinski definition) is 2. The van der Waals surface area contributed by atoms with Crippen LogP contribution < -0.4 is 9.46 Å². The standard InChI is InChI=1S/C25H24ClN3O3S2.C2HF3O2/c26-23-16-22(34(30,31)28-25-27-11-14-33-25)7-8-24(23)32-21-9-12-29(13-10-21)17-18-5-6-19-3-1-2-4-20(19)15-18;3-2(4,5)1(6)7/h1-8,11,14-16,21H,9-10,12-13,17H2,(H,27,28);(H,6,7). The summed E-state index contributed by atoms with van der Waals surface area (Å²) < 4.78 is 65.4. The van der Waals surface area contributed by atoms with Crippen LogP contribution in [0.1, 0.15) is 18.4 Å². The Bertz CT molecular complexity index is 1590. The SMILES string of the molecule is O=C(O)C(F)(F)F.O=S(=O)(Nc1nccs1)c1ccc(OC2CCN(Cc3ccc4ccccc4c3)CC2)c(Cl)c1. The number of aromatic nitrogens is 1. The molecule has 2 N–H and O–H groups in total. The Hall–Kier alpha value is -3.39. The third-order valence-electron chi connectivity index (χ3n) is 6.16. The van der Waals surface area contributed by atoms with E-state index in [9.17, 15) is 21.6 Å². The number of rotatable bonds is 7. The molecule has 1 aliphatic heterocycles. The molecule has 0 spiro atoms. The Balaban J connectivity index is 0.000000493. The van der Waals surface area contributed by atoms with Crippen LogP contribution >= 0.6 is 22.9 Å². The van der Waals surface area contributed by atoms with Crippen LogP contribution in [0.4, 0.5) is 18.3 Å². The van der Waals surface area contributed by atoms with E-state index >= 15 is 0 Å². The van der Waals surface area contributed by atoms with E-state index in [2.05, 4.69) is 57.1 Å². The number of carboxylic acids is 1. The number of nitrogens with zero attached hydrogens (tertiary/aromatic N) is 2. The summed E-state index contributed by atoms with van der Waals surface area (Å²) in [5, 5.41) is 11.9. The van der Waals surface area contributed by atoms with Gasteiger partial charge in [-0.05, 0) is 53.4 Å². The van der Waals surface area contributed by atoms with E-state index in [1.165, 1.54) is 39.8 Å². The Kier molecular flexibility index (Phi) is 9.74. The molecule has 1 saturated heterocycles. The zero-order valence-electron chi connectivity index (χ0n) is 21.3. The molecule has 0 amide bonds. The number of fused-ring (bicyclic) bond motifs is 1. The molecule has 218 valence electrons. The summed E-state index contributed by atoms with van der Waals surface area (Å²) in [4.78, 5) is 15.4. The molecule has 1 fully saturated rings. The van der Waals surface area contributed by atoms with E-state index in [1.807, 2.05) is 0 Å². The molecule has 2 heterocycles. The van der Waals surface area contributed by atoms with Gasteiger partial charge in [0.15, 0.2) is 5.13 Å². The van der Waals surface area contributed by atoms with Crippen molar-refractivity contribution < 1.29 is 36.2 Å². The molecular formula is C27H25ClF3N3O5S2. The summed E-state index contributed by atoms with van der Waals surface area (Å²) in [7, 11) is -3.76. The van der Waals surface area contributed by atoms with Gasteiger partial charge in [0.2, 0.25) is 0 Å². The summed E-state index contributed by atoms with van der Waals surface area (Å²) in [5.74, 6) is -2.25. The second-order valence-corrected chi connectivity index (χ2v) is 12.1. The minimum atomic E-state index is -5.08. The molecular weight excluding hydrogens is 603 g/mol. The minimum absolute atomic E-state index is 0.0428. The van der Waals surface area contributed by atoms with Crippen LogP contribution in [0.25, 0.3) is 10.8 Å². The molecule has 0 saturated carbocycles. The number of ether oxygens (including phenoxy) is 1. The largest absolute Gasteiger partial charge is 0.490 e. The number of benzene rings is 3. The van der Waals surface area contributed by atoms with Gasteiger partial charge in [-0.1, -0.05) is 48.0 Å². The van der Waals surface area contributed by atoms with Gasteiger partial charge in [-0.15, -0.1) is 11.3 Å². The van der Waals surface area contributed by atoms with Gasteiger partial charge in [0.25, 0.3) is 10.0 Å². The molecule has 8 nitrogen and oxygen atoms in total. The highest BCUT2D eigenvalue weighted by Crippen LogP contribution is 2.31. The Morgan fingerprint density at radius 2 is 1.78 bits per heavy atom. The third-order valence-corrected chi connectivity index (χ3v) is 8.61. The summed E-state index contributed by atoms with van der Waals surface area (Å²) in [5.41, 5.74) is 1.31. The molecule has 1 aliphatic rings. The van der Waals surface area contributed by atoms with E-state index in [1.54, 1.807) is 17.6 Å². The quantitative estimate of drug-likeness (QED) is 0.243. The zero-order valence-corrected chi connectivity index (χ0v) is 23.7. The molecule has 0 radical (unpaired) electrons. The van der Waals surface area contributed by atoms with Crippen molar-refractivity contribution in [2.45, 2.75) is 36.6 Å². The molecule has 41 heavy (non-hydrogen) atoms. The van der Waals surface area contributed by atoms with Crippen molar-refractivity contribution in [1.29, 1.82) is 0 Å². The van der Waals surface area contributed by atoms with Crippen molar-refractivity contribution in [3.63, 3.8) is 0 Å². The minimum Gasteiger partial charge on any atom is -0.489 e. The number of anilines is 1. The highest BCUT2D eigenvalue weighted by molar-refractivity contribution is 7.93. The summed E-state index contributed by atoms with van der Waals surface area (Å²) >= 11 is 7.59. The molecule has 0 atom stereocenters. The van der Waals surface area contributed by atoms with Crippen LogP contribution in [-0.4, -0.2) is 54.7 Å². The van der Waals surface area contributed by atoms with Gasteiger partial charge in [0.05, 0.1) is 9.92 Å². The predicted octanol–water partition coefficient (Wildman–Crippen LogP) is 6.43. The maximum atomic E-state index is 12.6. The van der Waals surface area contributed by atoms with Crippen LogP contribution in [0, 0.1) is 0 Å². The summed E-state index contributed by atoms with van der Waals surface area (Å²) in [6.07, 6.45) is -1.73. The topological polar surface area (TPSA) is 109 Å². The lowest BCUT2D eigenvalue weighted by atomic mass is 10.0. The maximum absolute atomic E-state index is 12.6. The van der Waals surface area contributed by atoms with E-state index in [0.717, 1.165) is 32.5 Å². The number of thiazole rings is 1. The van der Waals surface area contributed by atoms with Crippen LogP contribution in [0.3, 0.4) is 0 Å². The first-order valence-corrected chi connectivity index (χ1v) is 15.0. The lowest BCUT2D eigenvalue weighted by Crippen LogP contribution is -2.37. The average Bonchev–Trinajstić information content (AvgIpc) is 3.43. The van der Waals surface area contributed by atoms with Gasteiger partial charge in [0, 0.05) is 31.2 Å². The maximum Gasteiger partial charge on any atom is 0.490 e.